The smallest absolute Gasteiger partial charge is 0.245 e. The SMILES string of the molecule is CC1SC(=S)N(c2ccc(Br)cc2)C1=O. The van der Waals surface area contributed by atoms with Crippen molar-refractivity contribution in [2.45, 2.75) is 12.2 Å². The molecule has 1 unspecified atom stereocenters. The lowest BCUT2D eigenvalue weighted by Crippen LogP contribution is -2.30. The van der Waals surface area contributed by atoms with Crippen molar-refractivity contribution >= 4 is 55.8 Å². The minimum Gasteiger partial charge on any atom is -0.273 e. The van der Waals surface area contributed by atoms with Crippen molar-refractivity contribution in [1.82, 2.24) is 0 Å². The lowest BCUT2D eigenvalue weighted by Gasteiger charge is -2.14. The summed E-state index contributed by atoms with van der Waals surface area (Å²) in [4.78, 5) is 13.4. The Kier molecular flexibility index (Phi) is 3.13. The van der Waals surface area contributed by atoms with Gasteiger partial charge in [-0.1, -0.05) is 39.9 Å². The number of nitrogens with zero attached hydrogens (tertiary/aromatic N) is 1. The van der Waals surface area contributed by atoms with E-state index in [1.807, 2.05) is 31.2 Å². The molecule has 0 saturated carbocycles. The average molecular weight is 302 g/mol. The number of anilines is 1. The van der Waals surface area contributed by atoms with E-state index in [-0.39, 0.29) is 11.2 Å². The van der Waals surface area contributed by atoms with Crippen LogP contribution in [0.4, 0.5) is 5.69 Å². The summed E-state index contributed by atoms with van der Waals surface area (Å²) in [5.41, 5.74) is 0.838. The molecule has 0 N–H and O–H groups in total. The van der Waals surface area contributed by atoms with Crippen molar-refractivity contribution in [2.75, 3.05) is 4.90 Å². The lowest BCUT2D eigenvalue weighted by molar-refractivity contribution is -0.116. The number of hydrogen-bond acceptors (Lipinski definition) is 3. The quantitative estimate of drug-likeness (QED) is 0.743. The van der Waals surface area contributed by atoms with Gasteiger partial charge in [0, 0.05) is 4.47 Å². The molecule has 0 aliphatic carbocycles. The van der Waals surface area contributed by atoms with Gasteiger partial charge < -0.3 is 0 Å². The first kappa shape index (κ1) is 11.1. The molecule has 1 fully saturated rings. The molecule has 0 aromatic heterocycles. The van der Waals surface area contributed by atoms with Gasteiger partial charge in [0.05, 0.1) is 10.9 Å². The number of carbonyl (C=O) groups is 1. The number of benzene rings is 1. The van der Waals surface area contributed by atoms with Crippen molar-refractivity contribution in [1.29, 1.82) is 0 Å². The zero-order chi connectivity index (χ0) is 11.0. The Morgan fingerprint density at radius 2 is 2.00 bits per heavy atom. The summed E-state index contributed by atoms with van der Waals surface area (Å²) in [5.74, 6) is 0.0623. The number of amides is 1. The fraction of sp³-hybridized carbons (Fsp3) is 0.200. The molecule has 2 nitrogen and oxygen atoms in total. The maximum absolute atomic E-state index is 11.8. The van der Waals surface area contributed by atoms with Crippen LogP contribution >= 0.6 is 39.9 Å². The van der Waals surface area contributed by atoms with Crippen molar-refractivity contribution < 1.29 is 4.79 Å². The Bertz CT molecular complexity index is 418. The summed E-state index contributed by atoms with van der Waals surface area (Å²) < 4.78 is 1.62. The van der Waals surface area contributed by atoms with Crippen LogP contribution in [0.1, 0.15) is 6.92 Å². The molecule has 0 spiro atoms. The first-order valence-corrected chi connectivity index (χ1v) is 6.48. The van der Waals surface area contributed by atoms with Crippen molar-refractivity contribution in [3.63, 3.8) is 0 Å². The zero-order valence-electron chi connectivity index (χ0n) is 7.94. The third-order valence-corrected chi connectivity index (χ3v) is 4.05. The molecular weight excluding hydrogens is 294 g/mol. The van der Waals surface area contributed by atoms with E-state index in [1.165, 1.54) is 11.8 Å². The van der Waals surface area contributed by atoms with Gasteiger partial charge in [0.25, 0.3) is 0 Å². The highest BCUT2D eigenvalue weighted by atomic mass is 79.9. The molecule has 1 saturated heterocycles. The van der Waals surface area contributed by atoms with E-state index in [1.54, 1.807) is 4.90 Å². The van der Waals surface area contributed by atoms with Gasteiger partial charge in [0.1, 0.15) is 4.32 Å². The second kappa shape index (κ2) is 4.23. The van der Waals surface area contributed by atoms with E-state index < -0.39 is 0 Å². The van der Waals surface area contributed by atoms with Crippen LogP contribution in [0.3, 0.4) is 0 Å². The molecule has 0 radical (unpaired) electrons. The molecule has 1 aromatic carbocycles. The van der Waals surface area contributed by atoms with Crippen LogP contribution in [0, 0.1) is 0 Å². The van der Waals surface area contributed by atoms with Gasteiger partial charge in [-0.15, -0.1) is 0 Å². The second-order valence-corrected chi connectivity index (χ2v) is 6.07. The van der Waals surface area contributed by atoms with Gasteiger partial charge in [0.2, 0.25) is 5.91 Å². The Hall–Kier alpha value is -0.390. The molecule has 1 aliphatic rings. The van der Waals surface area contributed by atoms with Crippen LogP contribution in [0.2, 0.25) is 0 Å². The summed E-state index contributed by atoms with van der Waals surface area (Å²) in [5, 5.41) is -0.0684. The molecule has 78 valence electrons. The van der Waals surface area contributed by atoms with Gasteiger partial charge >= 0.3 is 0 Å². The third-order valence-electron chi connectivity index (χ3n) is 2.11. The number of thioether (sulfide) groups is 1. The van der Waals surface area contributed by atoms with Crippen LogP contribution in [-0.4, -0.2) is 15.5 Å². The summed E-state index contributed by atoms with van der Waals surface area (Å²) in [6.45, 7) is 1.87. The molecule has 1 amide bonds. The fourth-order valence-electron chi connectivity index (χ4n) is 1.35. The molecule has 1 atom stereocenters. The summed E-state index contributed by atoms with van der Waals surface area (Å²) in [6, 6.07) is 7.57. The summed E-state index contributed by atoms with van der Waals surface area (Å²) in [7, 11) is 0. The van der Waals surface area contributed by atoms with Crippen molar-refractivity contribution in [3.05, 3.63) is 28.7 Å². The van der Waals surface area contributed by atoms with Gasteiger partial charge in [0.15, 0.2) is 0 Å². The van der Waals surface area contributed by atoms with E-state index in [4.69, 9.17) is 12.2 Å². The molecule has 5 heteroatoms. The first-order valence-electron chi connectivity index (χ1n) is 4.40. The Morgan fingerprint density at radius 3 is 2.47 bits per heavy atom. The number of halogens is 1. The van der Waals surface area contributed by atoms with Gasteiger partial charge in [-0.05, 0) is 31.2 Å². The highest BCUT2D eigenvalue weighted by Crippen LogP contribution is 2.32. The number of thiocarbonyl (C=S) groups is 1. The van der Waals surface area contributed by atoms with Crippen molar-refractivity contribution in [2.24, 2.45) is 0 Å². The molecule has 1 heterocycles. The van der Waals surface area contributed by atoms with Crippen LogP contribution < -0.4 is 4.90 Å². The van der Waals surface area contributed by atoms with E-state index in [9.17, 15) is 4.79 Å². The van der Waals surface area contributed by atoms with Gasteiger partial charge in [-0.25, -0.2) is 0 Å². The largest absolute Gasteiger partial charge is 0.273 e. The van der Waals surface area contributed by atoms with E-state index in [2.05, 4.69) is 15.9 Å². The predicted molar refractivity (Wildman–Crippen MR) is 71.3 cm³/mol. The van der Waals surface area contributed by atoms with Crippen LogP contribution in [0.15, 0.2) is 28.7 Å². The lowest BCUT2D eigenvalue weighted by atomic mass is 10.3. The molecule has 1 aromatic rings. The molecule has 2 rings (SSSR count). The van der Waals surface area contributed by atoms with Gasteiger partial charge in [-0.3, -0.25) is 9.69 Å². The first-order chi connectivity index (χ1) is 7.09. The zero-order valence-corrected chi connectivity index (χ0v) is 11.2. The average Bonchev–Trinajstić information content (AvgIpc) is 2.44. The molecule has 15 heavy (non-hydrogen) atoms. The monoisotopic (exact) mass is 301 g/mol. The standard InChI is InChI=1S/C10H8BrNOS2/c1-6-9(13)12(10(14)15-6)8-4-2-7(11)3-5-8/h2-6H,1H3. The maximum Gasteiger partial charge on any atom is 0.245 e. The highest BCUT2D eigenvalue weighted by Gasteiger charge is 2.34. The second-order valence-electron chi connectivity index (χ2n) is 3.18. The van der Waals surface area contributed by atoms with Crippen LogP contribution in [0.25, 0.3) is 0 Å². The third kappa shape index (κ3) is 2.09. The number of rotatable bonds is 1. The minimum atomic E-state index is -0.0684. The fourth-order valence-corrected chi connectivity index (χ4v) is 3.05. The number of carbonyl (C=O) groups excluding carboxylic acids is 1. The van der Waals surface area contributed by atoms with E-state index >= 15 is 0 Å². The Balaban J connectivity index is 2.35. The molecule has 1 aliphatic heterocycles. The number of hydrogen-bond donors (Lipinski definition) is 0. The molecular formula is C10H8BrNOS2. The van der Waals surface area contributed by atoms with Gasteiger partial charge in [-0.2, -0.15) is 0 Å². The summed E-state index contributed by atoms with van der Waals surface area (Å²) in [6.07, 6.45) is 0. The normalized spacial score (nSPS) is 21.2. The molecule has 0 bridgehead atoms. The van der Waals surface area contributed by atoms with Crippen LogP contribution in [-0.2, 0) is 4.79 Å². The van der Waals surface area contributed by atoms with E-state index in [0.717, 1.165) is 10.2 Å². The topological polar surface area (TPSA) is 20.3 Å². The Morgan fingerprint density at radius 1 is 1.40 bits per heavy atom. The maximum atomic E-state index is 11.8. The van der Waals surface area contributed by atoms with Crippen LogP contribution in [0.5, 0.6) is 0 Å². The minimum absolute atomic E-state index is 0.0623. The summed E-state index contributed by atoms with van der Waals surface area (Å²) >= 11 is 9.95. The van der Waals surface area contributed by atoms with E-state index in [0.29, 0.717) is 4.32 Å². The Labute approximate surface area is 106 Å². The predicted octanol–water partition coefficient (Wildman–Crippen LogP) is 3.20. The highest BCUT2D eigenvalue weighted by molar-refractivity contribution is 9.10. The van der Waals surface area contributed by atoms with Crippen molar-refractivity contribution in [3.8, 4) is 0 Å².